The Bertz CT molecular complexity index is 1250. The molecule has 1 amide bonds. The fraction of sp³-hybridized carbons (Fsp3) is 0.240. The summed E-state index contributed by atoms with van der Waals surface area (Å²) in [6.45, 7) is 1.64. The normalized spacial score (nSPS) is 11.9. The van der Waals surface area contributed by atoms with Crippen LogP contribution >= 0.6 is 0 Å². The first kappa shape index (κ1) is 22.3. The predicted molar refractivity (Wildman–Crippen MR) is 126 cm³/mol. The number of carbonyl (C=O) groups excluding carboxylic acids is 1. The second-order valence-corrected chi connectivity index (χ2v) is 8.02. The molecule has 4 rings (SSSR count). The molecule has 0 fully saturated rings. The van der Waals surface area contributed by atoms with E-state index in [0.717, 1.165) is 22.3 Å². The summed E-state index contributed by atoms with van der Waals surface area (Å²) in [4.78, 5) is 27.1. The van der Waals surface area contributed by atoms with Gasteiger partial charge in [0.2, 0.25) is 0 Å². The Labute approximate surface area is 191 Å². The lowest BCUT2D eigenvalue weighted by molar-refractivity contribution is -0.123. The summed E-state index contributed by atoms with van der Waals surface area (Å²) in [5, 5.41) is 4.15. The van der Waals surface area contributed by atoms with Crippen LogP contribution in [0.2, 0.25) is 0 Å². The highest BCUT2D eigenvalue weighted by molar-refractivity contribution is 5.83. The van der Waals surface area contributed by atoms with Crippen molar-refractivity contribution in [3.8, 4) is 5.75 Å². The smallest absolute Gasteiger partial charge is 0.258 e. The molecule has 0 saturated carbocycles. The largest absolute Gasteiger partial charge is 0.484 e. The molecule has 4 aromatic rings. The maximum Gasteiger partial charge on any atom is 0.258 e. The summed E-state index contributed by atoms with van der Waals surface area (Å²) >= 11 is 0. The molecule has 2 heterocycles. The maximum atomic E-state index is 13.1. The number of halogens is 1. The Balaban J connectivity index is 1.58. The molecule has 0 radical (unpaired) electrons. The van der Waals surface area contributed by atoms with Gasteiger partial charge in [0.15, 0.2) is 6.61 Å². The van der Waals surface area contributed by atoms with E-state index in [9.17, 15) is 9.18 Å². The number of amides is 1. The van der Waals surface area contributed by atoms with Crippen LogP contribution in [0.1, 0.15) is 23.1 Å². The molecule has 0 bridgehead atoms. The molecule has 0 aliphatic rings. The first-order valence-corrected chi connectivity index (χ1v) is 10.6. The lowest BCUT2D eigenvalue weighted by atomic mass is 10.0. The second-order valence-electron chi connectivity index (χ2n) is 8.02. The molecule has 2 aromatic heterocycles. The maximum absolute atomic E-state index is 13.1. The van der Waals surface area contributed by atoms with Crippen molar-refractivity contribution < 1.29 is 13.9 Å². The van der Waals surface area contributed by atoms with E-state index in [1.54, 1.807) is 0 Å². The van der Waals surface area contributed by atoms with Gasteiger partial charge in [-0.05, 0) is 42.8 Å². The average molecular weight is 448 g/mol. The molecule has 0 saturated heterocycles. The Morgan fingerprint density at radius 1 is 1.15 bits per heavy atom. The van der Waals surface area contributed by atoms with Crippen molar-refractivity contribution in [2.24, 2.45) is 0 Å². The molecule has 1 atom stereocenters. The lowest BCUT2D eigenvalue weighted by Gasteiger charge is -2.21. The highest BCUT2D eigenvalue weighted by Crippen LogP contribution is 2.25. The molecule has 33 heavy (non-hydrogen) atoms. The summed E-state index contributed by atoms with van der Waals surface area (Å²) in [6, 6.07) is 15.1. The first-order chi connectivity index (χ1) is 15.9. The average Bonchev–Trinajstić information content (AvgIpc) is 3.20. The van der Waals surface area contributed by atoms with Crippen LogP contribution in [0.3, 0.4) is 0 Å². The molecule has 0 aliphatic carbocycles. The van der Waals surface area contributed by atoms with Crippen molar-refractivity contribution in [3.05, 3.63) is 83.7 Å². The minimum absolute atomic E-state index is 0.194. The molecule has 7 nitrogen and oxygen atoms in total. The van der Waals surface area contributed by atoms with E-state index in [0.29, 0.717) is 23.7 Å². The molecule has 0 spiro atoms. The molecule has 2 N–H and O–H groups in total. The van der Waals surface area contributed by atoms with Gasteiger partial charge in [0.1, 0.15) is 23.2 Å². The number of benzene rings is 2. The zero-order valence-electron chi connectivity index (χ0n) is 18.8. The fourth-order valence-corrected chi connectivity index (χ4v) is 3.65. The number of anilines is 1. The van der Waals surface area contributed by atoms with Crippen molar-refractivity contribution in [3.63, 3.8) is 0 Å². The molecule has 0 unspecified atom stereocenters. The topological polar surface area (TPSA) is 83.1 Å². The van der Waals surface area contributed by atoms with Crippen molar-refractivity contribution in [2.45, 2.75) is 19.4 Å². The summed E-state index contributed by atoms with van der Waals surface area (Å²) < 4.78 is 18.6. The quantitative estimate of drug-likeness (QED) is 0.427. The number of ether oxygens (including phenoxy) is 1. The van der Waals surface area contributed by atoms with Gasteiger partial charge in [0.25, 0.3) is 5.91 Å². The summed E-state index contributed by atoms with van der Waals surface area (Å²) in [5.74, 6) is 1.15. The molecule has 0 aliphatic heterocycles. The highest BCUT2D eigenvalue weighted by atomic mass is 19.1. The Morgan fingerprint density at radius 3 is 2.67 bits per heavy atom. The summed E-state index contributed by atoms with van der Waals surface area (Å²) in [5.41, 5.74) is 2.81. The van der Waals surface area contributed by atoms with E-state index >= 15 is 0 Å². The van der Waals surface area contributed by atoms with Crippen LogP contribution in [0.4, 0.5) is 10.2 Å². The Hall–Kier alpha value is -3.94. The van der Waals surface area contributed by atoms with Crippen LogP contribution in [0.15, 0.2) is 60.8 Å². The van der Waals surface area contributed by atoms with Crippen LogP contribution < -0.4 is 15.0 Å². The van der Waals surface area contributed by atoms with Gasteiger partial charge in [0.05, 0.1) is 11.7 Å². The zero-order chi connectivity index (χ0) is 23.4. The van der Waals surface area contributed by atoms with E-state index in [1.165, 1.54) is 24.3 Å². The number of fused-ring (bicyclic) bond motifs is 1. The molecule has 170 valence electrons. The van der Waals surface area contributed by atoms with Crippen LogP contribution in [0, 0.1) is 12.7 Å². The van der Waals surface area contributed by atoms with Gasteiger partial charge in [-0.2, -0.15) is 0 Å². The van der Waals surface area contributed by atoms with E-state index in [-0.39, 0.29) is 18.3 Å². The number of aryl methyl sites for hydroxylation is 1. The molecule has 2 aromatic carbocycles. The van der Waals surface area contributed by atoms with Crippen molar-refractivity contribution in [2.75, 3.05) is 25.6 Å². The number of H-pyrrole nitrogens is 1. The van der Waals surface area contributed by atoms with E-state index in [2.05, 4.69) is 20.3 Å². The van der Waals surface area contributed by atoms with E-state index < -0.39 is 6.04 Å². The van der Waals surface area contributed by atoms with Gasteiger partial charge >= 0.3 is 0 Å². The lowest BCUT2D eigenvalue weighted by Crippen LogP contribution is -2.34. The number of nitrogens with zero attached hydrogens (tertiary/aromatic N) is 3. The number of rotatable bonds is 8. The van der Waals surface area contributed by atoms with Crippen LogP contribution in [0.5, 0.6) is 5.75 Å². The van der Waals surface area contributed by atoms with Crippen LogP contribution in [-0.2, 0) is 11.2 Å². The molecule has 8 heteroatoms. The van der Waals surface area contributed by atoms with Gasteiger partial charge in [-0.1, -0.05) is 18.2 Å². The summed E-state index contributed by atoms with van der Waals surface area (Å²) in [6.07, 6.45) is 2.50. The third kappa shape index (κ3) is 5.46. The van der Waals surface area contributed by atoms with Gasteiger partial charge in [-0.25, -0.2) is 14.4 Å². The minimum Gasteiger partial charge on any atom is -0.484 e. The third-order valence-electron chi connectivity index (χ3n) is 5.28. The number of hydrogen-bond acceptors (Lipinski definition) is 5. The second kappa shape index (κ2) is 9.68. The number of aromatic amines is 1. The first-order valence-electron chi connectivity index (χ1n) is 10.6. The molecular formula is C25H26FN5O2. The standard InChI is InChI=1S/C25H26FN5O2/c1-16-28-23(13-24(29-16)31(2)3)22(12-17-14-27-21-7-5-4-6-20(17)21)30-25(32)15-33-19-10-8-18(26)9-11-19/h4-11,13-14,22,27H,12,15H2,1-3H3,(H,30,32)/t22-/m0/s1. The summed E-state index contributed by atoms with van der Waals surface area (Å²) in [7, 11) is 3.82. The third-order valence-corrected chi connectivity index (χ3v) is 5.28. The number of nitrogens with one attached hydrogen (secondary N) is 2. The number of para-hydroxylation sites is 1. The van der Waals surface area contributed by atoms with Crippen molar-refractivity contribution in [1.29, 1.82) is 0 Å². The van der Waals surface area contributed by atoms with Crippen molar-refractivity contribution in [1.82, 2.24) is 20.3 Å². The molecular weight excluding hydrogens is 421 g/mol. The Kier molecular flexibility index (Phi) is 6.53. The monoisotopic (exact) mass is 447 g/mol. The van der Waals surface area contributed by atoms with E-state index in [4.69, 9.17) is 4.74 Å². The van der Waals surface area contributed by atoms with Crippen LogP contribution in [0.25, 0.3) is 10.9 Å². The fourth-order valence-electron chi connectivity index (χ4n) is 3.65. The van der Waals surface area contributed by atoms with Gasteiger partial charge in [0, 0.05) is 43.7 Å². The number of aromatic nitrogens is 3. The highest BCUT2D eigenvalue weighted by Gasteiger charge is 2.21. The van der Waals surface area contributed by atoms with Gasteiger partial charge in [-0.3, -0.25) is 4.79 Å². The number of carbonyl (C=O) groups is 1. The zero-order valence-corrected chi connectivity index (χ0v) is 18.8. The van der Waals surface area contributed by atoms with Gasteiger partial charge in [-0.15, -0.1) is 0 Å². The van der Waals surface area contributed by atoms with Gasteiger partial charge < -0.3 is 19.9 Å². The Morgan fingerprint density at radius 2 is 1.91 bits per heavy atom. The number of hydrogen-bond donors (Lipinski definition) is 2. The van der Waals surface area contributed by atoms with Crippen LogP contribution in [-0.4, -0.2) is 41.6 Å². The van der Waals surface area contributed by atoms with E-state index in [1.807, 2.05) is 62.4 Å². The predicted octanol–water partition coefficient (Wildman–Crippen LogP) is 3.95. The van der Waals surface area contributed by atoms with Crippen molar-refractivity contribution >= 4 is 22.6 Å². The SMILES string of the molecule is Cc1nc([C@H](Cc2c[nH]c3ccccc23)NC(=O)COc2ccc(F)cc2)cc(N(C)C)n1. The minimum atomic E-state index is -0.395.